The summed E-state index contributed by atoms with van der Waals surface area (Å²) in [5, 5.41) is -0.245. The van der Waals surface area contributed by atoms with Crippen molar-refractivity contribution >= 4 is 29.0 Å². The molecule has 1 aromatic carbocycles. The molecule has 3 rings (SSSR count). The molecule has 0 bridgehead atoms. The van der Waals surface area contributed by atoms with Crippen LogP contribution in [0, 0.1) is 0 Å². The Kier molecular flexibility index (Phi) is 6.18. The zero-order valence-electron chi connectivity index (χ0n) is 14.9. The molecule has 2 heterocycles. The molecule has 8 heteroatoms. The zero-order chi connectivity index (χ0) is 18.5. The Bertz CT molecular complexity index is 716. The molecular weight excluding hydrogens is 356 g/mol. The monoisotopic (exact) mass is 378 g/mol. The molecule has 2 aliphatic rings. The van der Waals surface area contributed by atoms with Gasteiger partial charge in [-0.3, -0.25) is 19.4 Å². The van der Waals surface area contributed by atoms with Crippen LogP contribution in [0.2, 0.25) is 0 Å². The maximum Gasteiger partial charge on any atom is 0.294 e. The molecule has 2 fully saturated rings. The van der Waals surface area contributed by atoms with Gasteiger partial charge in [0.1, 0.15) is 0 Å². The number of thioether (sulfide) groups is 1. The van der Waals surface area contributed by atoms with Gasteiger partial charge in [-0.15, -0.1) is 0 Å². The molecule has 7 nitrogen and oxygen atoms in total. The van der Waals surface area contributed by atoms with Gasteiger partial charge in [-0.1, -0.05) is 6.07 Å². The Morgan fingerprint density at radius 1 is 1.23 bits per heavy atom. The molecule has 0 N–H and O–H groups in total. The summed E-state index contributed by atoms with van der Waals surface area (Å²) in [5.74, 6) is 0.972. The SMILES string of the molecule is CCOc1ccc(/C=C2/SC(=O)N(CN3CCOCC3)C2=O)cc1OC. The minimum Gasteiger partial charge on any atom is -0.493 e. The van der Waals surface area contributed by atoms with Crippen molar-refractivity contribution in [2.45, 2.75) is 6.92 Å². The number of hydrogen-bond acceptors (Lipinski definition) is 7. The second-order valence-corrected chi connectivity index (χ2v) is 6.82. The molecule has 0 spiro atoms. The fourth-order valence-electron chi connectivity index (χ4n) is 2.76. The molecule has 0 aromatic heterocycles. The van der Waals surface area contributed by atoms with Crippen molar-refractivity contribution in [1.82, 2.24) is 9.80 Å². The van der Waals surface area contributed by atoms with Crippen molar-refractivity contribution in [2.24, 2.45) is 0 Å². The van der Waals surface area contributed by atoms with E-state index >= 15 is 0 Å². The Balaban J connectivity index is 1.74. The largest absolute Gasteiger partial charge is 0.493 e. The van der Waals surface area contributed by atoms with Gasteiger partial charge in [0.25, 0.3) is 11.1 Å². The Morgan fingerprint density at radius 2 is 2.00 bits per heavy atom. The van der Waals surface area contributed by atoms with Crippen molar-refractivity contribution in [3.63, 3.8) is 0 Å². The van der Waals surface area contributed by atoms with E-state index in [1.54, 1.807) is 25.3 Å². The van der Waals surface area contributed by atoms with Crippen LogP contribution in [-0.2, 0) is 9.53 Å². The lowest BCUT2D eigenvalue weighted by molar-refractivity contribution is -0.125. The summed E-state index contributed by atoms with van der Waals surface area (Å²) in [7, 11) is 1.57. The van der Waals surface area contributed by atoms with E-state index < -0.39 is 0 Å². The van der Waals surface area contributed by atoms with E-state index in [2.05, 4.69) is 0 Å². The molecule has 1 aromatic rings. The topological polar surface area (TPSA) is 68.3 Å². The van der Waals surface area contributed by atoms with Crippen molar-refractivity contribution in [2.75, 3.05) is 46.7 Å². The number of carbonyl (C=O) groups excluding carboxylic acids is 2. The second kappa shape index (κ2) is 8.57. The highest BCUT2D eigenvalue weighted by molar-refractivity contribution is 8.18. The standard InChI is InChI=1S/C18H22N2O5S/c1-3-25-14-5-4-13(10-15(14)23-2)11-16-17(21)20(18(22)26-16)12-19-6-8-24-9-7-19/h4-5,10-11H,3,6-9,12H2,1-2H3/b16-11+. The molecule has 0 unspecified atom stereocenters. The van der Waals surface area contributed by atoms with Crippen LogP contribution >= 0.6 is 11.8 Å². The average Bonchev–Trinajstić information content (AvgIpc) is 2.91. The first kappa shape index (κ1) is 18.8. The van der Waals surface area contributed by atoms with Gasteiger partial charge in [-0.25, -0.2) is 0 Å². The van der Waals surface area contributed by atoms with Crippen LogP contribution in [0.5, 0.6) is 11.5 Å². The third-order valence-electron chi connectivity index (χ3n) is 4.10. The quantitative estimate of drug-likeness (QED) is 0.704. The van der Waals surface area contributed by atoms with Crippen LogP contribution in [0.3, 0.4) is 0 Å². The lowest BCUT2D eigenvalue weighted by atomic mass is 10.2. The van der Waals surface area contributed by atoms with Gasteiger partial charge in [0.15, 0.2) is 11.5 Å². The van der Waals surface area contributed by atoms with Gasteiger partial charge < -0.3 is 14.2 Å². The molecule has 140 valence electrons. The third-order valence-corrected chi connectivity index (χ3v) is 5.01. The summed E-state index contributed by atoms with van der Waals surface area (Å²) < 4.78 is 16.1. The van der Waals surface area contributed by atoms with Crippen LogP contribution < -0.4 is 9.47 Å². The highest BCUT2D eigenvalue weighted by atomic mass is 32.2. The molecule has 0 radical (unpaired) electrons. The highest BCUT2D eigenvalue weighted by Crippen LogP contribution is 2.34. The number of hydrogen-bond donors (Lipinski definition) is 0. The molecular formula is C18H22N2O5S. The Labute approximate surface area is 156 Å². The first-order valence-electron chi connectivity index (χ1n) is 8.48. The lowest BCUT2D eigenvalue weighted by Gasteiger charge is -2.29. The fourth-order valence-corrected chi connectivity index (χ4v) is 3.60. The summed E-state index contributed by atoms with van der Waals surface area (Å²) in [6, 6.07) is 5.43. The minimum absolute atomic E-state index is 0.245. The third kappa shape index (κ3) is 4.20. The minimum atomic E-state index is -0.264. The molecule has 2 amide bonds. The Morgan fingerprint density at radius 3 is 2.69 bits per heavy atom. The van der Waals surface area contributed by atoms with Gasteiger partial charge in [0, 0.05) is 13.1 Å². The number of carbonyl (C=O) groups is 2. The molecule has 2 aliphatic heterocycles. The van der Waals surface area contributed by atoms with E-state index in [0.717, 1.165) is 30.4 Å². The maximum absolute atomic E-state index is 12.6. The lowest BCUT2D eigenvalue weighted by Crippen LogP contribution is -2.45. The summed E-state index contributed by atoms with van der Waals surface area (Å²) in [4.78, 5) is 28.6. The number of amides is 2. The first-order valence-corrected chi connectivity index (χ1v) is 9.30. The number of benzene rings is 1. The molecule has 0 saturated carbocycles. The maximum atomic E-state index is 12.6. The van der Waals surface area contributed by atoms with Crippen LogP contribution in [0.25, 0.3) is 6.08 Å². The van der Waals surface area contributed by atoms with Gasteiger partial charge in [0.05, 0.1) is 38.5 Å². The smallest absolute Gasteiger partial charge is 0.294 e. The number of ether oxygens (including phenoxy) is 3. The fraction of sp³-hybridized carbons (Fsp3) is 0.444. The van der Waals surface area contributed by atoms with E-state index in [0.29, 0.717) is 42.9 Å². The molecule has 0 aliphatic carbocycles. The van der Waals surface area contributed by atoms with Crippen LogP contribution in [-0.4, -0.2) is 67.6 Å². The van der Waals surface area contributed by atoms with Crippen LogP contribution in [0.4, 0.5) is 4.79 Å². The van der Waals surface area contributed by atoms with Crippen molar-refractivity contribution < 1.29 is 23.8 Å². The average molecular weight is 378 g/mol. The molecule has 26 heavy (non-hydrogen) atoms. The summed E-state index contributed by atoms with van der Waals surface area (Å²) in [6.45, 7) is 5.43. The zero-order valence-corrected chi connectivity index (χ0v) is 15.7. The van der Waals surface area contributed by atoms with Gasteiger partial charge in [-0.05, 0) is 42.5 Å². The molecule has 0 atom stereocenters. The Hall–Kier alpha value is -2.03. The van der Waals surface area contributed by atoms with E-state index in [1.807, 2.05) is 17.9 Å². The van der Waals surface area contributed by atoms with Gasteiger partial charge >= 0.3 is 0 Å². The predicted molar refractivity (Wildman–Crippen MR) is 99.2 cm³/mol. The number of rotatable bonds is 6. The number of methoxy groups -OCH3 is 1. The van der Waals surface area contributed by atoms with Crippen molar-refractivity contribution in [1.29, 1.82) is 0 Å². The first-order chi connectivity index (χ1) is 12.6. The highest BCUT2D eigenvalue weighted by Gasteiger charge is 2.36. The van der Waals surface area contributed by atoms with Gasteiger partial charge in [0.2, 0.25) is 0 Å². The van der Waals surface area contributed by atoms with Crippen molar-refractivity contribution in [3.8, 4) is 11.5 Å². The summed E-state index contributed by atoms with van der Waals surface area (Å²) in [6.07, 6.45) is 1.71. The van der Waals surface area contributed by atoms with E-state index in [-0.39, 0.29) is 11.1 Å². The predicted octanol–water partition coefficient (Wildman–Crippen LogP) is 2.42. The van der Waals surface area contributed by atoms with Crippen molar-refractivity contribution in [3.05, 3.63) is 28.7 Å². The van der Waals surface area contributed by atoms with Gasteiger partial charge in [-0.2, -0.15) is 0 Å². The molecule has 2 saturated heterocycles. The second-order valence-electron chi connectivity index (χ2n) is 5.82. The normalized spacial score (nSPS) is 20.1. The van der Waals surface area contributed by atoms with E-state index in [1.165, 1.54) is 4.90 Å². The number of imide groups is 1. The van der Waals surface area contributed by atoms with Crippen LogP contribution in [0.1, 0.15) is 12.5 Å². The number of nitrogens with zero attached hydrogens (tertiary/aromatic N) is 2. The summed E-state index contributed by atoms with van der Waals surface area (Å²) in [5.41, 5.74) is 0.780. The summed E-state index contributed by atoms with van der Waals surface area (Å²) >= 11 is 0.962. The number of morpholine rings is 1. The van der Waals surface area contributed by atoms with Crippen LogP contribution in [0.15, 0.2) is 23.1 Å². The van der Waals surface area contributed by atoms with E-state index in [4.69, 9.17) is 14.2 Å². The van der Waals surface area contributed by atoms with E-state index in [9.17, 15) is 9.59 Å².